The Balaban J connectivity index is 1.73. The summed E-state index contributed by atoms with van der Waals surface area (Å²) in [5.41, 5.74) is 5.30. The third-order valence-electron chi connectivity index (χ3n) is 6.48. The van der Waals surface area contributed by atoms with Crippen LogP contribution in [0.2, 0.25) is 0 Å². The molecule has 0 saturated carbocycles. The van der Waals surface area contributed by atoms with Crippen molar-refractivity contribution in [3.63, 3.8) is 0 Å². The van der Waals surface area contributed by atoms with Crippen LogP contribution in [0.5, 0.6) is 0 Å². The van der Waals surface area contributed by atoms with Crippen molar-refractivity contribution in [1.82, 2.24) is 9.97 Å². The Morgan fingerprint density at radius 2 is 1.65 bits per heavy atom. The van der Waals surface area contributed by atoms with Gasteiger partial charge in [0.05, 0.1) is 22.3 Å². The van der Waals surface area contributed by atoms with Gasteiger partial charge in [0.25, 0.3) is 0 Å². The molecule has 5 rings (SSSR count). The first-order chi connectivity index (χ1) is 17.7. The minimum Gasteiger partial charge on any atom is -0.341 e. The summed E-state index contributed by atoms with van der Waals surface area (Å²) in [6, 6.07) is 13.4. The molecule has 10 heteroatoms. The van der Waals surface area contributed by atoms with Crippen LogP contribution in [0.1, 0.15) is 24.0 Å². The molecule has 1 aromatic heterocycles. The van der Waals surface area contributed by atoms with E-state index in [9.17, 15) is 22.0 Å². The Kier molecular flexibility index (Phi) is 6.25. The highest BCUT2D eigenvalue weighted by molar-refractivity contribution is 5.96. The molecule has 0 unspecified atom stereocenters. The molecule has 2 heterocycles. The van der Waals surface area contributed by atoms with Crippen LogP contribution in [0.15, 0.2) is 54.6 Å². The van der Waals surface area contributed by atoms with Crippen molar-refractivity contribution in [1.29, 1.82) is 5.26 Å². The summed E-state index contributed by atoms with van der Waals surface area (Å²) in [6.45, 7) is 1.23. The van der Waals surface area contributed by atoms with E-state index in [1.165, 1.54) is 36.4 Å². The molecule has 1 saturated heterocycles. The van der Waals surface area contributed by atoms with Crippen molar-refractivity contribution in [3.8, 4) is 28.5 Å². The van der Waals surface area contributed by atoms with E-state index in [-0.39, 0.29) is 28.4 Å². The highest BCUT2D eigenvalue weighted by atomic mass is 19.4. The van der Waals surface area contributed by atoms with Gasteiger partial charge in [-0.15, -0.1) is 0 Å². The molecule has 0 bridgehead atoms. The number of halogens is 5. The molecule has 188 valence electrons. The maximum atomic E-state index is 14.6. The van der Waals surface area contributed by atoms with Crippen LogP contribution >= 0.6 is 0 Å². The summed E-state index contributed by atoms with van der Waals surface area (Å²) in [4.78, 5) is 11.2. The second kappa shape index (κ2) is 9.41. The number of rotatable bonds is 3. The Morgan fingerprint density at radius 3 is 2.32 bits per heavy atom. The summed E-state index contributed by atoms with van der Waals surface area (Å²) < 4.78 is 69.9. The third-order valence-corrected chi connectivity index (χ3v) is 6.48. The molecule has 0 spiro atoms. The zero-order chi connectivity index (χ0) is 26.3. The molecule has 37 heavy (non-hydrogen) atoms. The number of aromatic nitrogens is 2. The van der Waals surface area contributed by atoms with Crippen molar-refractivity contribution in [2.75, 3.05) is 18.0 Å². The fourth-order valence-electron chi connectivity index (χ4n) is 4.55. The normalized spacial score (nSPS) is 14.7. The van der Waals surface area contributed by atoms with Gasteiger partial charge in [-0.1, -0.05) is 24.3 Å². The first-order valence-electron chi connectivity index (χ1n) is 11.5. The molecule has 0 amide bonds. The molecular formula is C27H20F5N5. The van der Waals surface area contributed by atoms with Gasteiger partial charge in [-0.2, -0.15) is 18.4 Å². The summed E-state index contributed by atoms with van der Waals surface area (Å²) in [6.07, 6.45) is -3.44. The largest absolute Gasteiger partial charge is 0.419 e. The van der Waals surface area contributed by atoms with Gasteiger partial charge in [0.2, 0.25) is 5.95 Å². The van der Waals surface area contributed by atoms with Gasteiger partial charge in [-0.25, -0.2) is 18.7 Å². The molecular weight excluding hydrogens is 489 g/mol. The Hall–Kier alpha value is -4.10. The number of nitrogens with zero attached hydrogens (tertiary/aromatic N) is 4. The molecule has 0 radical (unpaired) electrons. The average molecular weight is 509 g/mol. The first-order valence-corrected chi connectivity index (χ1v) is 11.5. The smallest absolute Gasteiger partial charge is 0.341 e. The molecule has 3 aromatic carbocycles. The molecule has 4 aromatic rings. The number of piperidine rings is 1. The second-order valence-electron chi connectivity index (χ2n) is 8.90. The Morgan fingerprint density at radius 1 is 0.919 bits per heavy atom. The fourth-order valence-corrected chi connectivity index (χ4v) is 4.55. The van der Waals surface area contributed by atoms with E-state index in [4.69, 9.17) is 11.0 Å². The molecule has 1 fully saturated rings. The highest BCUT2D eigenvalue weighted by Gasteiger charge is 2.37. The van der Waals surface area contributed by atoms with E-state index in [1.807, 2.05) is 4.90 Å². The second-order valence-corrected chi connectivity index (χ2v) is 8.90. The maximum absolute atomic E-state index is 14.6. The van der Waals surface area contributed by atoms with E-state index in [0.717, 1.165) is 25.0 Å². The van der Waals surface area contributed by atoms with Crippen molar-refractivity contribution in [2.24, 2.45) is 5.73 Å². The van der Waals surface area contributed by atoms with E-state index in [1.54, 1.807) is 12.1 Å². The lowest BCUT2D eigenvalue weighted by atomic mass is 9.96. The third kappa shape index (κ3) is 4.70. The van der Waals surface area contributed by atoms with E-state index in [0.29, 0.717) is 35.5 Å². The van der Waals surface area contributed by atoms with Gasteiger partial charge in [0.15, 0.2) is 0 Å². The number of benzene rings is 3. The van der Waals surface area contributed by atoms with Gasteiger partial charge in [-0.3, -0.25) is 0 Å². The van der Waals surface area contributed by atoms with Crippen molar-refractivity contribution < 1.29 is 22.0 Å². The number of alkyl halides is 3. The van der Waals surface area contributed by atoms with Gasteiger partial charge in [0.1, 0.15) is 17.7 Å². The summed E-state index contributed by atoms with van der Waals surface area (Å²) >= 11 is 0. The van der Waals surface area contributed by atoms with Gasteiger partial charge < -0.3 is 10.6 Å². The van der Waals surface area contributed by atoms with Crippen LogP contribution in [-0.2, 0) is 6.18 Å². The van der Waals surface area contributed by atoms with Gasteiger partial charge in [0, 0.05) is 30.1 Å². The van der Waals surface area contributed by atoms with Crippen molar-refractivity contribution >= 4 is 16.9 Å². The highest BCUT2D eigenvalue weighted by Crippen LogP contribution is 2.40. The first kappa shape index (κ1) is 24.6. The zero-order valence-electron chi connectivity index (χ0n) is 19.4. The molecule has 2 N–H and O–H groups in total. The molecule has 0 atom stereocenters. The number of nitrogens with two attached hydrogens (primary N) is 1. The standard InChI is InChI=1S/C27H20F5N5/c28-21-3-1-2-19(24(21)27(30,31)32)15-6-7-23-20(12-15)25(16-4-5-17(14-33)22(29)13-16)36-26(35-23)37-10-8-18(34)9-11-37/h1-7,12-13,18H,8-11,34H2. The number of hydrogen-bond acceptors (Lipinski definition) is 5. The van der Waals surface area contributed by atoms with Crippen molar-refractivity contribution in [2.45, 2.75) is 25.1 Å². The summed E-state index contributed by atoms with van der Waals surface area (Å²) in [7, 11) is 0. The topological polar surface area (TPSA) is 78.8 Å². The number of fused-ring (bicyclic) bond motifs is 1. The fraction of sp³-hybridized carbons (Fsp3) is 0.222. The lowest BCUT2D eigenvalue weighted by Gasteiger charge is -2.30. The lowest BCUT2D eigenvalue weighted by Crippen LogP contribution is -2.40. The lowest BCUT2D eigenvalue weighted by molar-refractivity contribution is -0.139. The minimum absolute atomic E-state index is 0.0699. The van der Waals surface area contributed by atoms with Crippen LogP contribution in [0, 0.1) is 23.0 Å². The van der Waals surface area contributed by atoms with Crippen LogP contribution in [-0.4, -0.2) is 29.1 Å². The van der Waals surface area contributed by atoms with E-state index >= 15 is 0 Å². The zero-order valence-corrected chi connectivity index (χ0v) is 19.4. The average Bonchev–Trinajstić information content (AvgIpc) is 2.87. The molecule has 5 nitrogen and oxygen atoms in total. The predicted octanol–water partition coefficient (Wildman–Crippen LogP) is 6.06. The number of nitriles is 1. The van der Waals surface area contributed by atoms with Crippen LogP contribution in [0.3, 0.4) is 0 Å². The quantitative estimate of drug-likeness (QED) is 0.340. The molecule has 1 aliphatic heterocycles. The molecule has 0 aliphatic carbocycles. The van der Waals surface area contributed by atoms with Gasteiger partial charge >= 0.3 is 6.18 Å². The van der Waals surface area contributed by atoms with Crippen LogP contribution in [0.4, 0.5) is 27.9 Å². The van der Waals surface area contributed by atoms with Crippen LogP contribution < -0.4 is 10.6 Å². The molecule has 1 aliphatic rings. The Labute approximate surface area is 209 Å². The van der Waals surface area contributed by atoms with Crippen molar-refractivity contribution in [3.05, 3.63) is 77.4 Å². The monoisotopic (exact) mass is 509 g/mol. The SMILES string of the molecule is N#Cc1ccc(-c2nc(N3CCC(N)CC3)nc3ccc(-c4cccc(F)c4C(F)(F)F)cc23)cc1F. The number of anilines is 1. The minimum atomic E-state index is -4.91. The predicted molar refractivity (Wildman–Crippen MR) is 129 cm³/mol. The number of hydrogen-bond donors (Lipinski definition) is 1. The van der Waals surface area contributed by atoms with Gasteiger partial charge in [-0.05, 0) is 54.3 Å². The maximum Gasteiger partial charge on any atom is 0.419 e. The Bertz CT molecular complexity index is 1540. The van der Waals surface area contributed by atoms with Crippen LogP contribution in [0.25, 0.3) is 33.3 Å². The summed E-state index contributed by atoms with van der Waals surface area (Å²) in [5, 5.41) is 9.47. The summed E-state index contributed by atoms with van der Waals surface area (Å²) in [5.74, 6) is -1.75. The van der Waals surface area contributed by atoms with E-state index in [2.05, 4.69) is 9.97 Å². The van der Waals surface area contributed by atoms with E-state index < -0.39 is 23.4 Å².